The Morgan fingerprint density at radius 2 is 2.07 bits per heavy atom. The molecule has 3 N–H and O–H groups in total. The second kappa shape index (κ2) is 5.03. The minimum atomic E-state index is 0.167. The predicted molar refractivity (Wildman–Crippen MR) is 61.3 cm³/mol. The van der Waals surface area contributed by atoms with Crippen molar-refractivity contribution in [3.8, 4) is 11.5 Å². The molecule has 0 spiro atoms. The summed E-state index contributed by atoms with van der Waals surface area (Å²) in [6, 6.07) is 5.40. The predicted octanol–water partition coefficient (Wildman–Crippen LogP) is 2.10. The van der Waals surface area contributed by atoms with Gasteiger partial charge in [0.1, 0.15) is 0 Å². The van der Waals surface area contributed by atoms with Gasteiger partial charge in [-0.3, -0.25) is 0 Å². The molecule has 15 heavy (non-hydrogen) atoms. The Morgan fingerprint density at radius 1 is 1.40 bits per heavy atom. The minimum Gasteiger partial charge on any atom is -0.504 e. The number of aromatic hydroxyl groups is 1. The van der Waals surface area contributed by atoms with Crippen LogP contribution in [0.3, 0.4) is 0 Å². The SMILES string of the molecule is COc1cc(C(CN)C(C)C)ccc1O. The molecule has 3 heteroatoms. The Kier molecular flexibility index (Phi) is 3.97. The van der Waals surface area contributed by atoms with E-state index in [1.807, 2.05) is 12.1 Å². The standard InChI is InChI=1S/C12H19NO2/c1-8(2)10(7-13)9-4-5-11(14)12(6-9)15-3/h4-6,8,10,14H,7,13H2,1-3H3. The molecule has 0 aromatic heterocycles. The van der Waals surface area contributed by atoms with Crippen molar-refractivity contribution in [1.82, 2.24) is 0 Å². The molecule has 1 rings (SSSR count). The first-order valence-corrected chi connectivity index (χ1v) is 5.17. The molecular formula is C12H19NO2. The molecule has 0 bridgehead atoms. The molecule has 0 saturated heterocycles. The van der Waals surface area contributed by atoms with Crippen molar-refractivity contribution < 1.29 is 9.84 Å². The van der Waals surface area contributed by atoms with E-state index in [0.29, 0.717) is 24.1 Å². The number of hydrogen-bond donors (Lipinski definition) is 2. The molecule has 0 fully saturated rings. The summed E-state index contributed by atoms with van der Waals surface area (Å²) in [6.45, 7) is 4.87. The Balaban J connectivity index is 3.03. The normalized spacial score (nSPS) is 12.9. The second-order valence-corrected chi connectivity index (χ2v) is 4.02. The Labute approximate surface area is 90.9 Å². The van der Waals surface area contributed by atoms with E-state index in [1.54, 1.807) is 13.2 Å². The molecule has 1 unspecified atom stereocenters. The first-order valence-electron chi connectivity index (χ1n) is 5.17. The van der Waals surface area contributed by atoms with Gasteiger partial charge in [0.15, 0.2) is 11.5 Å². The van der Waals surface area contributed by atoms with E-state index in [0.717, 1.165) is 5.56 Å². The van der Waals surface area contributed by atoms with Crippen molar-refractivity contribution >= 4 is 0 Å². The van der Waals surface area contributed by atoms with Crippen LogP contribution in [0.4, 0.5) is 0 Å². The highest BCUT2D eigenvalue weighted by Gasteiger charge is 2.15. The monoisotopic (exact) mass is 209 g/mol. The van der Waals surface area contributed by atoms with Crippen LogP contribution in [0, 0.1) is 5.92 Å². The van der Waals surface area contributed by atoms with Crippen molar-refractivity contribution in [2.24, 2.45) is 11.7 Å². The molecule has 0 heterocycles. The summed E-state index contributed by atoms with van der Waals surface area (Å²) >= 11 is 0. The van der Waals surface area contributed by atoms with E-state index in [1.165, 1.54) is 0 Å². The van der Waals surface area contributed by atoms with Gasteiger partial charge in [-0.2, -0.15) is 0 Å². The number of ether oxygens (including phenoxy) is 1. The highest BCUT2D eigenvalue weighted by atomic mass is 16.5. The Hall–Kier alpha value is -1.22. The van der Waals surface area contributed by atoms with Crippen molar-refractivity contribution in [2.75, 3.05) is 13.7 Å². The van der Waals surface area contributed by atoms with Gasteiger partial charge < -0.3 is 15.6 Å². The van der Waals surface area contributed by atoms with Gasteiger partial charge >= 0.3 is 0 Å². The van der Waals surface area contributed by atoms with E-state index in [2.05, 4.69) is 13.8 Å². The number of nitrogens with two attached hydrogens (primary N) is 1. The van der Waals surface area contributed by atoms with Crippen LogP contribution in [0.2, 0.25) is 0 Å². The quantitative estimate of drug-likeness (QED) is 0.798. The number of methoxy groups -OCH3 is 1. The molecule has 1 aromatic rings. The fourth-order valence-corrected chi connectivity index (χ4v) is 1.72. The Bertz CT molecular complexity index is 323. The van der Waals surface area contributed by atoms with Gasteiger partial charge in [0.05, 0.1) is 7.11 Å². The number of phenolic OH excluding ortho intramolecular Hbond substituents is 1. The van der Waals surface area contributed by atoms with Crippen molar-refractivity contribution in [2.45, 2.75) is 19.8 Å². The van der Waals surface area contributed by atoms with E-state index in [9.17, 15) is 5.11 Å². The average molecular weight is 209 g/mol. The van der Waals surface area contributed by atoms with Gasteiger partial charge in [0.2, 0.25) is 0 Å². The summed E-state index contributed by atoms with van der Waals surface area (Å²) in [4.78, 5) is 0. The third-order valence-electron chi connectivity index (χ3n) is 2.69. The van der Waals surface area contributed by atoms with Crippen LogP contribution in [0.5, 0.6) is 11.5 Å². The van der Waals surface area contributed by atoms with Gasteiger partial charge in [-0.25, -0.2) is 0 Å². The fourth-order valence-electron chi connectivity index (χ4n) is 1.72. The first-order chi connectivity index (χ1) is 7.10. The summed E-state index contributed by atoms with van der Waals surface area (Å²) in [5.41, 5.74) is 6.85. The van der Waals surface area contributed by atoms with E-state index < -0.39 is 0 Å². The fraction of sp³-hybridized carbons (Fsp3) is 0.500. The average Bonchev–Trinajstić information content (AvgIpc) is 2.21. The van der Waals surface area contributed by atoms with Crippen LogP contribution in [-0.4, -0.2) is 18.8 Å². The zero-order valence-corrected chi connectivity index (χ0v) is 9.53. The molecule has 0 saturated carbocycles. The highest BCUT2D eigenvalue weighted by molar-refractivity contribution is 5.43. The maximum Gasteiger partial charge on any atom is 0.160 e. The summed E-state index contributed by atoms with van der Waals surface area (Å²) in [7, 11) is 1.55. The summed E-state index contributed by atoms with van der Waals surface area (Å²) < 4.78 is 5.07. The number of hydrogen-bond acceptors (Lipinski definition) is 3. The lowest BCUT2D eigenvalue weighted by Gasteiger charge is -2.20. The maximum atomic E-state index is 9.47. The molecule has 1 aromatic carbocycles. The lowest BCUT2D eigenvalue weighted by Crippen LogP contribution is -2.17. The molecular weight excluding hydrogens is 190 g/mol. The van der Waals surface area contributed by atoms with Gasteiger partial charge in [0.25, 0.3) is 0 Å². The van der Waals surface area contributed by atoms with Gasteiger partial charge in [-0.15, -0.1) is 0 Å². The molecule has 84 valence electrons. The number of benzene rings is 1. The highest BCUT2D eigenvalue weighted by Crippen LogP contribution is 2.31. The molecule has 0 aliphatic heterocycles. The van der Waals surface area contributed by atoms with Gasteiger partial charge in [0, 0.05) is 0 Å². The maximum absolute atomic E-state index is 9.47. The van der Waals surface area contributed by atoms with E-state index in [-0.39, 0.29) is 5.75 Å². The van der Waals surface area contributed by atoms with Crippen LogP contribution in [-0.2, 0) is 0 Å². The van der Waals surface area contributed by atoms with Crippen LogP contribution >= 0.6 is 0 Å². The molecule has 0 aliphatic carbocycles. The van der Waals surface area contributed by atoms with Gasteiger partial charge in [-0.1, -0.05) is 19.9 Å². The topological polar surface area (TPSA) is 55.5 Å². The zero-order chi connectivity index (χ0) is 11.4. The van der Waals surface area contributed by atoms with Gasteiger partial charge in [-0.05, 0) is 36.1 Å². The lowest BCUT2D eigenvalue weighted by molar-refractivity contribution is 0.371. The largest absolute Gasteiger partial charge is 0.504 e. The zero-order valence-electron chi connectivity index (χ0n) is 9.53. The lowest BCUT2D eigenvalue weighted by atomic mass is 9.88. The van der Waals surface area contributed by atoms with Crippen molar-refractivity contribution in [3.05, 3.63) is 23.8 Å². The third kappa shape index (κ3) is 2.63. The molecule has 0 aliphatic rings. The number of rotatable bonds is 4. The molecule has 0 amide bonds. The number of phenols is 1. The summed E-state index contributed by atoms with van der Waals surface area (Å²) in [5, 5.41) is 9.47. The van der Waals surface area contributed by atoms with Crippen LogP contribution < -0.4 is 10.5 Å². The minimum absolute atomic E-state index is 0.167. The van der Waals surface area contributed by atoms with Crippen LogP contribution in [0.15, 0.2) is 18.2 Å². The van der Waals surface area contributed by atoms with Crippen LogP contribution in [0.1, 0.15) is 25.3 Å². The van der Waals surface area contributed by atoms with Crippen molar-refractivity contribution in [1.29, 1.82) is 0 Å². The molecule has 3 nitrogen and oxygen atoms in total. The Morgan fingerprint density at radius 3 is 2.53 bits per heavy atom. The summed E-state index contributed by atoms with van der Waals surface area (Å²) in [6.07, 6.45) is 0. The van der Waals surface area contributed by atoms with E-state index in [4.69, 9.17) is 10.5 Å². The summed E-state index contributed by atoms with van der Waals surface area (Å²) in [5.74, 6) is 1.45. The third-order valence-corrected chi connectivity index (χ3v) is 2.69. The second-order valence-electron chi connectivity index (χ2n) is 4.02. The van der Waals surface area contributed by atoms with Crippen molar-refractivity contribution in [3.63, 3.8) is 0 Å². The van der Waals surface area contributed by atoms with E-state index >= 15 is 0 Å². The smallest absolute Gasteiger partial charge is 0.160 e. The first kappa shape index (κ1) is 11.9. The van der Waals surface area contributed by atoms with Crippen LogP contribution in [0.25, 0.3) is 0 Å². The molecule has 1 atom stereocenters. The molecule has 0 radical (unpaired) electrons.